The zero-order chi connectivity index (χ0) is 55.1. The van der Waals surface area contributed by atoms with Crippen LogP contribution in [-0.2, 0) is 62.6 Å². The standard InChI is InChI=1S/C51H82Cl2N4O17S/c52-40-33-41(53)49(43(34-40)75(67,68)69)74-48(63)37-73-32-30-71-28-26-55-46(60)36-72-31-29-70-27-25-54-45(59)24-23-42(51(65)66)57-50(64)39-21-19-38(20-22-39)35-56-44(58)17-15-13-11-9-7-5-3-1-2-4-6-8-10-12-14-16-18-47(61)62/h33-34,38-39,42H,1-32,35-37H2,(H,54,59)(H,55,60)(H,56,58)(H,57,64)(H,61,62)(H,65,66)(H,67,68,69)/t38-,39-,42-/m0/s1. The molecule has 2 rings (SSSR count). The van der Waals surface area contributed by atoms with Crippen LogP contribution < -0.4 is 26.0 Å². The molecule has 0 saturated heterocycles. The molecule has 0 unspecified atom stereocenters. The Balaban J connectivity index is 1.39. The first-order chi connectivity index (χ1) is 36.0. The normalized spacial score (nSPS) is 14.9. The number of amides is 4. The molecule has 4 amide bonds. The van der Waals surface area contributed by atoms with Crippen LogP contribution in [0.1, 0.15) is 154 Å². The van der Waals surface area contributed by atoms with Crippen molar-refractivity contribution in [3.63, 3.8) is 0 Å². The number of hydrogen-bond donors (Lipinski definition) is 7. The molecule has 0 spiro atoms. The van der Waals surface area contributed by atoms with E-state index in [4.69, 9.17) is 52.0 Å². The van der Waals surface area contributed by atoms with E-state index in [-0.39, 0.29) is 112 Å². The Morgan fingerprint density at radius 3 is 1.59 bits per heavy atom. The molecule has 1 atom stereocenters. The summed E-state index contributed by atoms with van der Waals surface area (Å²) in [5.41, 5.74) is 0. The molecule has 0 bridgehead atoms. The first-order valence-electron chi connectivity index (χ1n) is 26.5. The number of carbonyl (C=O) groups excluding carboxylic acids is 5. The van der Waals surface area contributed by atoms with Crippen molar-refractivity contribution < 1.29 is 80.4 Å². The summed E-state index contributed by atoms with van der Waals surface area (Å²) in [7, 11) is -4.79. The zero-order valence-corrected chi connectivity index (χ0v) is 45.7. The first-order valence-corrected chi connectivity index (χ1v) is 28.7. The maximum absolute atomic E-state index is 13.0. The summed E-state index contributed by atoms with van der Waals surface area (Å²) in [6, 6.07) is 0.794. The molecule has 0 aliphatic heterocycles. The van der Waals surface area contributed by atoms with Gasteiger partial charge in [-0.15, -0.1) is 0 Å². The molecule has 1 saturated carbocycles. The van der Waals surface area contributed by atoms with E-state index >= 15 is 0 Å². The van der Waals surface area contributed by atoms with Crippen molar-refractivity contribution >= 4 is 74.9 Å². The number of nitrogens with one attached hydrogen (secondary N) is 4. The number of ether oxygens (including phenoxy) is 5. The van der Waals surface area contributed by atoms with Gasteiger partial charge in [-0.1, -0.05) is 113 Å². The van der Waals surface area contributed by atoms with Crippen LogP contribution in [0.3, 0.4) is 0 Å². The lowest BCUT2D eigenvalue weighted by Crippen LogP contribution is -2.45. The van der Waals surface area contributed by atoms with Gasteiger partial charge in [0.2, 0.25) is 23.6 Å². The van der Waals surface area contributed by atoms with Crippen LogP contribution in [-0.4, -0.2) is 143 Å². The van der Waals surface area contributed by atoms with Crippen molar-refractivity contribution in [1.29, 1.82) is 0 Å². The zero-order valence-electron chi connectivity index (χ0n) is 43.4. The van der Waals surface area contributed by atoms with Gasteiger partial charge >= 0.3 is 17.9 Å². The van der Waals surface area contributed by atoms with Gasteiger partial charge in [-0.25, -0.2) is 9.59 Å². The number of rotatable bonds is 45. The average Bonchev–Trinajstić information content (AvgIpc) is 3.36. The molecule has 1 fully saturated rings. The highest BCUT2D eigenvalue weighted by Gasteiger charge is 2.30. The third-order valence-electron chi connectivity index (χ3n) is 12.4. The van der Waals surface area contributed by atoms with Crippen molar-refractivity contribution in [3.8, 4) is 5.75 Å². The Labute approximate surface area is 452 Å². The number of halogens is 2. The second-order valence-electron chi connectivity index (χ2n) is 18.7. The van der Waals surface area contributed by atoms with E-state index in [9.17, 15) is 51.6 Å². The molecule has 0 aromatic heterocycles. The number of benzene rings is 1. The number of hydrogen-bond acceptors (Lipinski definition) is 14. The number of esters is 1. The topological polar surface area (TPSA) is 309 Å². The molecular formula is C51H82Cl2N4O17S. The fourth-order valence-electron chi connectivity index (χ4n) is 8.23. The van der Waals surface area contributed by atoms with Crippen molar-refractivity contribution in [3.05, 3.63) is 22.2 Å². The third-order valence-corrected chi connectivity index (χ3v) is 13.8. The van der Waals surface area contributed by atoms with Crippen LogP contribution >= 0.6 is 23.2 Å². The SMILES string of the molecule is O=C(O)CCCCCCCCCCCCCCCCCCC(=O)NC[C@H]1CC[C@H](C(=O)N[C@@H](CCC(=O)NCCOCCOCC(=O)NCCOCCOCC(=O)Oc2c(Cl)cc(Cl)cc2S(=O)(=O)O)C(=O)O)CC1. The molecule has 428 valence electrons. The van der Waals surface area contributed by atoms with Gasteiger partial charge in [-0.2, -0.15) is 8.42 Å². The molecule has 1 aliphatic carbocycles. The van der Waals surface area contributed by atoms with Crippen LogP contribution in [0.25, 0.3) is 0 Å². The summed E-state index contributed by atoms with van der Waals surface area (Å²) >= 11 is 11.7. The Kier molecular flexibility index (Phi) is 36.6. The highest BCUT2D eigenvalue weighted by atomic mass is 35.5. The van der Waals surface area contributed by atoms with Gasteiger partial charge in [0.1, 0.15) is 24.2 Å². The Bertz CT molecular complexity index is 1970. The lowest BCUT2D eigenvalue weighted by atomic mass is 9.81. The van der Waals surface area contributed by atoms with Gasteiger partial charge in [0.05, 0.1) is 44.7 Å². The Morgan fingerprint density at radius 1 is 0.587 bits per heavy atom. The summed E-state index contributed by atoms with van der Waals surface area (Å²) in [6.45, 7) is 0.591. The number of unbranched alkanes of at least 4 members (excludes halogenated alkanes) is 15. The van der Waals surface area contributed by atoms with Crippen LogP contribution in [0.2, 0.25) is 10.0 Å². The fraction of sp³-hybridized carbons (Fsp3) is 0.745. The molecule has 24 heteroatoms. The van der Waals surface area contributed by atoms with Gasteiger partial charge in [-0.3, -0.25) is 28.5 Å². The van der Waals surface area contributed by atoms with Crippen molar-refractivity contribution in [2.75, 3.05) is 72.5 Å². The largest absolute Gasteiger partial charge is 0.481 e. The summed E-state index contributed by atoms with van der Waals surface area (Å²) < 4.78 is 58.6. The quantitative estimate of drug-likeness (QED) is 0.0152. The van der Waals surface area contributed by atoms with E-state index in [0.717, 1.165) is 63.5 Å². The molecule has 21 nitrogen and oxygen atoms in total. The minimum absolute atomic E-state index is 0.0395. The van der Waals surface area contributed by atoms with Gasteiger partial charge in [0, 0.05) is 49.8 Å². The highest BCUT2D eigenvalue weighted by Crippen LogP contribution is 2.35. The summed E-state index contributed by atoms with van der Waals surface area (Å²) in [5.74, 6) is -4.66. The predicted molar refractivity (Wildman–Crippen MR) is 279 cm³/mol. The Morgan fingerprint density at radius 2 is 1.07 bits per heavy atom. The fourth-order valence-corrected chi connectivity index (χ4v) is 9.54. The maximum Gasteiger partial charge on any atom is 0.337 e. The van der Waals surface area contributed by atoms with Crippen molar-refractivity contribution in [2.24, 2.45) is 11.8 Å². The third kappa shape index (κ3) is 34.3. The number of aliphatic carboxylic acids is 2. The van der Waals surface area contributed by atoms with E-state index in [1.165, 1.54) is 64.2 Å². The van der Waals surface area contributed by atoms with Crippen molar-refractivity contribution in [2.45, 2.75) is 165 Å². The van der Waals surface area contributed by atoms with Gasteiger partial charge in [0.15, 0.2) is 5.75 Å². The van der Waals surface area contributed by atoms with E-state index in [0.29, 0.717) is 25.8 Å². The molecular weight excluding hydrogens is 1040 g/mol. The van der Waals surface area contributed by atoms with E-state index in [1.807, 2.05) is 0 Å². The van der Waals surface area contributed by atoms with Crippen LogP contribution in [0.5, 0.6) is 5.75 Å². The van der Waals surface area contributed by atoms with Gasteiger partial charge in [0.25, 0.3) is 10.1 Å². The second kappa shape index (κ2) is 41.0. The molecule has 0 heterocycles. The number of carboxylic acid groups (broad SMARTS) is 2. The summed E-state index contributed by atoms with van der Waals surface area (Å²) in [6.07, 6.45) is 21.9. The molecule has 1 aliphatic rings. The molecule has 7 N–H and O–H groups in total. The second-order valence-corrected chi connectivity index (χ2v) is 20.9. The summed E-state index contributed by atoms with van der Waals surface area (Å²) in [5, 5.41) is 28.9. The van der Waals surface area contributed by atoms with Crippen LogP contribution in [0.15, 0.2) is 17.0 Å². The van der Waals surface area contributed by atoms with Gasteiger partial charge < -0.3 is 55.2 Å². The smallest absolute Gasteiger partial charge is 0.337 e. The highest BCUT2D eigenvalue weighted by molar-refractivity contribution is 7.86. The average molecular weight is 1130 g/mol. The first kappa shape index (κ1) is 67.0. The van der Waals surface area contributed by atoms with E-state index in [1.54, 1.807) is 0 Å². The molecule has 75 heavy (non-hydrogen) atoms. The van der Waals surface area contributed by atoms with Crippen LogP contribution in [0.4, 0.5) is 0 Å². The number of carbonyl (C=O) groups is 7. The monoisotopic (exact) mass is 1120 g/mol. The lowest BCUT2D eigenvalue weighted by Gasteiger charge is -2.28. The predicted octanol–water partition coefficient (Wildman–Crippen LogP) is 6.82. The maximum atomic E-state index is 13.0. The van der Waals surface area contributed by atoms with Crippen LogP contribution in [0, 0.1) is 11.8 Å². The lowest BCUT2D eigenvalue weighted by molar-refractivity contribution is -0.143. The van der Waals surface area contributed by atoms with E-state index in [2.05, 4.69) is 21.3 Å². The molecule has 1 aromatic rings. The minimum Gasteiger partial charge on any atom is -0.481 e. The number of carboxylic acids is 2. The Hall–Kier alpha value is -4.16. The molecule has 1 aromatic carbocycles. The molecule has 0 radical (unpaired) electrons. The van der Waals surface area contributed by atoms with Crippen molar-refractivity contribution in [1.82, 2.24) is 21.3 Å². The van der Waals surface area contributed by atoms with Gasteiger partial charge in [-0.05, 0) is 63.0 Å². The summed E-state index contributed by atoms with van der Waals surface area (Å²) in [4.78, 5) is 83.6. The minimum atomic E-state index is -4.79. The van der Waals surface area contributed by atoms with E-state index < -0.39 is 63.1 Å².